The fraction of sp³-hybridized carbons (Fsp3) is 0.455. The first-order valence-corrected chi connectivity index (χ1v) is 5.67. The van der Waals surface area contributed by atoms with Crippen molar-refractivity contribution in [2.24, 2.45) is 0 Å². The van der Waals surface area contributed by atoms with Gasteiger partial charge in [0.15, 0.2) is 5.82 Å². The van der Waals surface area contributed by atoms with Gasteiger partial charge in [-0.05, 0) is 13.8 Å². The number of H-pyrrole nitrogens is 1. The molecule has 0 aromatic carbocycles. The molecule has 7 heteroatoms. The molecule has 18 heavy (non-hydrogen) atoms. The molecule has 0 aliphatic carbocycles. The zero-order valence-corrected chi connectivity index (χ0v) is 10.6. The highest BCUT2D eigenvalue weighted by Gasteiger charge is 2.14. The van der Waals surface area contributed by atoms with Crippen molar-refractivity contribution in [2.75, 3.05) is 6.54 Å². The molecule has 0 atom stereocenters. The fourth-order valence-corrected chi connectivity index (χ4v) is 1.70. The monoisotopic (exact) mass is 249 g/mol. The Morgan fingerprint density at radius 1 is 1.39 bits per heavy atom. The SMILES string of the molecule is Cc1nc(CCNC(=O)c2c(C)n[nH]c2C)no1. The predicted molar refractivity (Wildman–Crippen MR) is 63.1 cm³/mol. The Hall–Kier alpha value is -2.18. The molecule has 96 valence electrons. The van der Waals surface area contributed by atoms with E-state index in [1.165, 1.54) is 0 Å². The van der Waals surface area contributed by atoms with Crippen LogP contribution in [0.15, 0.2) is 4.52 Å². The summed E-state index contributed by atoms with van der Waals surface area (Å²) in [5.74, 6) is 0.977. The lowest BCUT2D eigenvalue weighted by atomic mass is 10.2. The fourth-order valence-electron chi connectivity index (χ4n) is 1.70. The second-order valence-electron chi connectivity index (χ2n) is 4.04. The number of nitrogens with zero attached hydrogens (tertiary/aromatic N) is 3. The molecular weight excluding hydrogens is 234 g/mol. The first kappa shape index (κ1) is 12.3. The Morgan fingerprint density at radius 3 is 2.72 bits per heavy atom. The van der Waals surface area contributed by atoms with Gasteiger partial charge in [-0.1, -0.05) is 5.16 Å². The molecule has 0 bridgehead atoms. The average molecular weight is 249 g/mol. The largest absolute Gasteiger partial charge is 0.351 e. The molecule has 0 aliphatic heterocycles. The number of carbonyl (C=O) groups is 1. The summed E-state index contributed by atoms with van der Waals surface area (Å²) in [6, 6.07) is 0. The van der Waals surface area contributed by atoms with Crippen molar-refractivity contribution in [1.82, 2.24) is 25.7 Å². The molecule has 2 rings (SSSR count). The quantitative estimate of drug-likeness (QED) is 0.831. The summed E-state index contributed by atoms with van der Waals surface area (Å²) in [7, 11) is 0. The number of aromatic nitrogens is 4. The molecular formula is C11H15N5O2. The topological polar surface area (TPSA) is 96.7 Å². The first-order chi connectivity index (χ1) is 8.58. The van der Waals surface area contributed by atoms with E-state index in [0.717, 1.165) is 5.69 Å². The van der Waals surface area contributed by atoms with Crippen molar-refractivity contribution in [3.63, 3.8) is 0 Å². The maximum atomic E-state index is 11.9. The predicted octanol–water partition coefficient (Wildman–Crippen LogP) is 0.690. The number of rotatable bonds is 4. The van der Waals surface area contributed by atoms with Crippen molar-refractivity contribution >= 4 is 5.91 Å². The van der Waals surface area contributed by atoms with Gasteiger partial charge in [-0.15, -0.1) is 0 Å². The molecule has 1 amide bonds. The molecule has 2 N–H and O–H groups in total. The number of hydrogen-bond donors (Lipinski definition) is 2. The molecule has 2 aromatic heterocycles. The molecule has 0 aliphatic rings. The van der Waals surface area contributed by atoms with Crippen molar-refractivity contribution in [2.45, 2.75) is 27.2 Å². The van der Waals surface area contributed by atoms with Gasteiger partial charge in [0.25, 0.3) is 5.91 Å². The van der Waals surface area contributed by atoms with Crippen LogP contribution in [-0.2, 0) is 6.42 Å². The first-order valence-electron chi connectivity index (χ1n) is 5.67. The van der Waals surface area contributed by atoms with Crippen LogP contribution in [0.25, 0.3) is 0 Å². The molecule has 0 saturated heterocycles. The second kappa shape index (κ2) is 4.99. The molecule has 0 fully saturated rings. The third-order valence-corrected chi connectivity index (χ3v) is 2.56. The van der Waals surface area contributed by atoms with E-state index in [1.807, 2.05) is 6.92 Å². The van der Waals surface area contributed by atoms with E-state index in [2.05, 4.69) is 25.7 Å². The van der Waals surface area contributed by atoms with E-state index in [4.69, 9.17) is 4.52 Å². The van der Waals surface area contributed by atoms with Gasteiger partial charge in [0.2, 0.25) is 5.89 Å². The van der Waals surface area contributed by atoms with Crippen molar-refractivity contribution in [3.05, 3.63) is 28.7 Å². The molecule has 0 radical (unpaired) electrons. The summed E-state index contributed by atoms with van der Waals surface area (Å²) >= 11 is 0. The minimum Gasteiger partial charge on any atom is -0.351 e. The van der Waals surface area contributed by atoms with Crippen LogP contribution in [0.1, 0.15) is 33.5 Å². The van der Waals surface area contributed by atoms with E-state index in [0.29, 0.717) is 35.9 Å². The minimum atomic E-state index is -0.140. The molecule has 7 nitrogen and oxygen atoms in total. The van der Waals surface area contributed by atoms with Crippen LogP contribution in [0.3, 0.4) is 0 Å². The molecule has 2 heterocycles. The molecule has 2 aromatic rings. The summed E-state index contributed by atoms with van der Waals surface area (Å²) in [4.78, 5) is 16.0. The Morgan fingerprint density at radius 2 is 2.17 bits per heavy atom. The van der Waals surface area contributed by atoms with E-state index in [1.54, 1.807) is 13.8 Å². The lowest BCUT2D eigenvalue weighted by molar-refractivity contribution is 0.0952. The van der Waals surface area contributed by atoms with Gasteiger partial charge < -0.3 is 9.84 Å². The van der Waals surface area contributed by atoms with E-state index < -0.39 is 0 Å². The van der Waals surface area contributed by atoms with Gasteiger partial charge in [-0.2, -0.15) is 10.1 Å². The molecule has 0 unspecified atom stereocenters. The molecule has 0 saturated carbocycles. The highest BCUT2D eigenvalue weighted by molar-refractivity contribution is 5.96. The highest BCUT2D eigenvalue weighted by Crippen LogP contribution is 2.08. The minimum absolute atomic E-state index is 0.140. The summed E-state index contributed by atoms with van der Waals surface area (Å²) in [6.07, 6.45) is 0.541. The number of amides is 1. The third-order valence-electron chi connectivity index (χ3n) is 2.56. The zero-order valence-electron chi connectivity index (χ0n) is 10.6. The summed E-state index contributed by atoms with van der Waals surface area (Å²) < 4.78 is 4.84. The van der Waals surface area contributed by atoms with Crippen molar-refractivity contribution in [1.29, 1.82) is 0 Å². The second-order valence-corrected chi connectivity index (χ2v) is 4.04. The summed E-state index contributed by atoms with van der Waals surface area (Å²) in [5, 5.41) is 13.3. The maximum Gasteiger partial charge on any atom is 0.255 e. The van der Waals surface area contributed by atoms with Crippen LogP contribution in [0, 0.1) is 20.8 Å². The van der Waals surface area contributed by atoms with Crippen molar-refractivity contribution in [3.8, 4) is 0 Å². The highest BCUT2D eigenvalue weighted by atomic mass is 16.5. The normalized spacial score (nSPS) is 10.6. The van der Waals surface area contributed by atoms with Crippen LogP contribution in [-0.4, -0.2) is 32.8 Å². The van der Waals surface area contributed by atoms with E-state index in [9.17, 15) is 4.79 Å². The summed E-state index contributed by atoms with van der Waals surface area (Å²) in [5.41, 5.74) is 2.06. The van der Waals surface area contributed by atoms with Gasteiger partial charge >= 0.3 is 0 Å². The Labute approximate surface area is 104 Å². The smallest absolute Gasteiger partial charge is 0.255 e. The van der Waals surface area contributed by atoms with E-state index >= 15 is 0 Å². The molecule has 0 spiro atoms. The van der Waals surface area contributed by atoms with Crippen LogP contribution in [0.2, 0.25) is 0 Å². The number of nitrogens with one attached hydrogen (secondary N) is 2. The van der Waals surface area contributed by atoms with Gasteiger partial charge in [0, 0.05) is 25.6 Å². The van der Waals surface area contributed by atoms with Gasteiger partial charge in [-0.3, -0.25) is 9.89 Å². The number of hydrogen-bond acceptors (Lipinski definition) is 5. The average Bonchev–Trinajstić information content (AvgIpc) is 2.86. The maximum absolute atomic E-state index is 11.9. The number of aryl methyl sites for hydroxylation is 3. The Balaban J connectivity index is 1.89. The number of aromatic amines is 1. The van der Waals surface area contributed by atoms with Crippen LogP contribution < -0.4 is 5.32 Å². The van der Waals surface area contributed by atoms with Crippen LogP contribution in [0.4, 0.5) is 0 Å². The zero-order chi connectivity index (χ0) is 13.1. The Bertz CT molecular complexity index is 538. The van der Waals surface area contributed by atoms with Crippen LogP contribution in [0.5, 0.6) is 0 Å². The standard InChI is InChI=1S/C11H15N5O2/c1-6-10(7(2)15-14-6)11(17)12-5-4-9-13-8(3)18-16-9/h4-5H2,1-3H3,(H,12,17)(H,14,15). The lowest BCUT2D eigenvalue weighted by Crippen LogP contribution is -2.26. The Kier molecular flexibility index (Phi) is 3.40. The number of carbonyl (C=O) groups excluding carboxylic acids is 1. The van der Waals surface area contributed by atoms with Gasteiger partial charge in [0.1, 0.15) is 0 Å². The van der Waals surface area contributed by atoms with Gasteiger partial charge in [-0.25, -0.2) is 0 Å². The third kappa shape index (κ3) is 2.55. The van der Waals surface area contributed by atoms with Gasteiger partial charge in [0.05, 0.1) is 11.3 Å². The summed E-state index contributed by atoms with van der Waals surface area (Å²) in [6.45, 7) is 5.80. The van der Waals surface area contributed by atoms with Crippen molar-refractivity contribution < 1.29 is 9.32 Å². The van der Waals surface area contributed by atoms with Crippen LogP contribution >= 0.6 is 0 Å². The van der Waals surface area contributed by atoms with E-state index in [-0.39, 0.29) is 5.91 Å². The lowest BCUT2D eigenvalue weighted by Gasteiger charge is -2.03.